The van der Waals surface area contributed by atoms with Gasteiger partial charge in [-0.2, -0.15) is 0 Å². The summed E-state index contributed by atoms with van der Waals surface area (Å²) >= 11 is 0. The van der Waals surface area contributed by atoms with Crippen molar-refractivity contribution in [3.05, 3.63) is 60.8 Å². The fourth-order valence-electron chi connectivity index (χ4n) is 8.80. The Hall–Kier alpha value is -3.01. The standard InChI is InChI=1S/C65H117NO8/c1-6-8-10-12-14-16-18-20-22-24-26-28-30-32-34-36-38-40-42-44-46-48-50-52-54-56-63(68)74-61(60-73-65(64(69)70)71-58-57-66(3,4)5)59-72-62(67)55-53-51-49-47-45-43-41-39-37-35-33-31-29-27-25-23-21-19-17-15-13-11-9-7-2/h8,10,14,16,20,22,26,28,32,34,61,65H,6-7,9,11-13,15,17-19,21,23-25,27,29-31,33,35-60H2,1-5H3/b10-8-,16-14-,22-20-,28-26-,34-32-. The van der Waals surface area contributed by atoms with Crippen molar-refractivity contribution in [2.75, 3.05) is 47.5 Å². The number of aliphatic carboxylic acids is 1. The highest BCUT2D eigenvalue weighted by molar-refractivity contribution is 5.70. The van der Waals surface area contributed by atoms with Gasteiger partial charge in [0.1, 0.15) is 13.2 Å². The zero-order valence-corrected chi connectivity index (χ0v) is 49.0. The van der Waals surface area contributed by atoms with E-state index in [9.17, 15) is 19.5 Å². The van der Waals surface area contributed by atoms with Crippen LogP contribution in [-0.2, 0) is 33.3 Å². The van der Waals surface area contributed by atoms with Gasteiger partial charge >= 0.3 is 11.9 Å². The molecule has 2 unspecified atom stereocenters. The molecule has 0 radical (unpaired) electrons. The Morgan fingerprint density at radius 2 is 0.770 bits per heavy atom. The van der Waals surface area contributed by atoms with Gasteiger partial charge in [-0.05, 0) is 57.8 Å². The zero-order valence-electron chi connectivity index (χ0n) is 49.0. The van der Waals surface area contributed by atoms with Crippen molar-refractivity contribution in [3.8, 4) is 0 Å². The minimum absolute atomic E-state index is 0.146. The van der Waals surface area contributed by atoms with Crippen molar-refractivity contribution < 1.29 is 42.9 Å². The average molecular weight is 1040 g/mol. The van der Waals surface area contributed by atoms with Gasteiger partial charge in [-0.15, -0.1) is 0 Å². The lowest BCUT2D eigenvalue weighted by molar-refractivity contribution is -0.870. The van der Waals surface area contributed by atoms with Gasteiger partial charge in [-0.25, -0.2) is 0 Å². The molecule has 430 valence electrons. The number of carboxylic acid groups (broad SMARTS) is 1. The average Bonchev–Trinajstić information content (AvgIpc) is 3.37. The number of carbonyl (C=O) groups is 3. The summed E-state index contributed by atoms with van der Waals surface area (Å²) in [5.74, 6) is -2.28. The smallest absolute Gasteiger partial charge is 0.306 e. The molecule has 0 aromatic carbocycles. The summed E-state index contributed by atoms with van der Waals surface area (Å²) in [6.45, 7) is 4.67. The van der Waals surface area contributed by atoms with Crippen LogP contribution >= 0.6 is 0 Å². The first-order valence-corrected chi connectivity index (χ1v) is 30.9. The topological polar surface area (TPSA) is 111 Å². The number of ether oxygens (including phenoxy) is 4. The van der Waals surface area contributed by atoms with E-state index in [1.165, 1.54) is 167 Å². The van der Waals surface area contributed by atoms with Gasteiger partial charge in [0.05, 0.1) is 40.3 Å². The third-order valence-electron chi connectivity index (χ3n) is 13.5. The Morgan fingerprint density at radius 3 is 1.15 bits per heavy atom. The molecule has 0 rings (SSSR count). The molecule has 0 saturated carbocycles. The van der Waals surface area contributed by atoms with Crippen LogP contribution in [0.15, 0.2) is 60.8 Å². The first-order chi connectivity index (χ1) is 36.1. The van der Waals surface area contributed by atoms with Gasteiger partial charge < -0.3 is 33.3 Å². The molecule has 74 heavy (non-hydrogen) atoms. The van der Waals surface area contributed by atoms with E-state index in [1.54, 1.807) is 0 Å². The highest BCUT2D eigenvalue weighted by atomic mass is 16.7. The van der Waals surface area contributed by atoms with E-state index < -0.39 is 24.3 Å². The summed E-state index contributed by atoms with van der Waals surface area (Å²) in [6, 6.07) is 0. The number of esters is 2. The van der Waals surface area contributed by atoms with Crippen LogP contribution in [0.3, 0.4) is 0 Å². The van der Waals surface area contributed by atoms with Gasteiger partial charge in [0.15, 0.2) is 12.4 Å². The second kappa shape index (κ2) is 56.2. The Kier molecular flexibility index (Phi) is 53.9. The van der Waals surface area contributed by atoms with Crippen LogP contribution in [0, 0.1) is 0 Å². The third-order valence-corrected chi connectivity index (χ3v) is 13.5. The van der Waals surface area contributed by atoms with E-state index in [1.807, 2.05) is 21.1 Å². The molecule has 0 aliphatic carbocycles. The highest BCUT2D eigenvalue weighted by Crippen LogP contribution is 2.17. The summed E-state index contributed by atoms with van der Waals surface area (Å²) in [5.41, 5.74) is 0. The first kappa shape index (κ1) is 71.0. The van der Waals surface area contributed by atoms with Gasteiger partial charge in [0.2, 0.25) is 0 Å². The number of allylic oxidation sites excluding steroid dienone is 10. The van der Waals surface area contributed by atoms with Crippen LogP contribution in [0.1, 0.15) is 277 Å². The summed E-state index contributed by atoms with van der Waals surface area (Å²) < 4.78 is 22.7. The van der Waals surface area contributed by atoms with Crippen LogP contribution in [0.5, 0.6) is 0 Å². The zero-order chi connectivity index (χ0) is 54.1. The molecule has 0 bridgehead atoms. The number of nitrogens with zero attached hydrogens (tertiary/aromatic N) is 1. The molecule has 0 saturated heterocycles. The lowest BCUT2D eigenvalue weighted by Crippen LogP contribution is -2.44. The van der Waals surface area contributed by atoms with E-state index in [0.717, 1.165) is 77.0 Å². The molecule has 0 N–H and O–H groups in total. The number of hydrogen-bond donors (Lipinski definition) is 0. The fourth-order valence-corrected chi connectivity index (χ4v) is 8.80. The molecular formula is C65H117NO8. The second-order valence-electron chi connectivity index (χ2n) is 22.0. The normalized spacial score (nSPS) is 13.1. The molecule has 0 aromatic heterocycles. The van der Waals surface area contributed by atoms with Crippen molar-refractivity contribution in [1.82, 2.24) is 0 Å². The summed E-state index contributed by atoms with van der Waals surface area (Å²) in [7, 11) is 5.93. The fraction of sp³-hybridized carbons (Fsp3) is 0.800. The van der Waals surface area contributed by atoms with E-state index in [0.29, 0.717) is 23.9 Å². The maximum atomic E-state index is 12.9. The minimum atomic E-state index is -1.62. The van der Waals surface area contributed by atoms with Gasteiger partial charge in [0, 0.05) is 12.8 Å². The predicted molar refractivity (Wildman–Crippen MR) is 311 cm³/mol. The van der Waals surface area contributed by atoms with Crippen LogP contribution in [0.2, 0.25) is 0 Å². The molecule has 0 amide bonds. The van der Waals surface area contributed by atoms with Crippen molar-refractivity contribution in [3.63, 3.8) is 0 Å². The number of hydrogen-bond acceptors (Lipinski definition) is 8. The van der Waals surface area contributed by atoms with Crippen molar-refractivity contribution >= 4 is 17.9 Å². The maximum absolute atomic E-state index is 12.9. The van der Waals surface area contributed by atoms with E-state index >= 15 is 0 Å². The Bertz CT molecular complexity index is 1400. The van der Waals surface area contributed by atoms with E-state index in [4.69, 9.17) is 18.9 Å². The van der Waals surface area contributed by atoms with Crippen LogP contribution in [-0.4, -0.2) is 82.3 Å². The lowest BCUT2D eigenvalue weighted by Gasteiger charge is -2.26. The molecule has 0 heterocycles. The van der Waals surface area contributed by atoms with E-state index in [2.05, 4.69) is 74.6 Å². The quantitative estimate of drug-likeness (QED) is 0.0195. The summed E-state index contributed by atoms with van der Waals surface area (Å²) in [6.07, 6.45) is 68.4. The highest BCUT2D eigenvalue weighted by Gasteiger charge is 2.22. The van der Waals surface area contributed by atoms with Crippen molar-refractivity contribution in [1.29, 1.82) is 0 Å². The largest absolute Gasteiger partial charge is 0.545 e. The molecule has 0 aromatic rings. The molecule has 9 nitrogen and oxygen atoms in total. The van der Waals surface area contributed by atoms with Crippen LogP contribution < -0.4 is 5.11 Å². The maximum Gasteiger partial charge on any atom is 0.306 e. The number of quaternary nitrogens is 1. The number of unbranched alkanes of at least 4 members (excludes halogenated alkanes) is 32. The van der Waals surface area contributed by atoms with Gasteiger partial charge in [0.25, 0.3) is 0 Å². The molecular weight excluding hydrogens is 923 g/mol. The van der Waals surface area contributed by atoms with Crippen LogP contribution in [0.25, 0.3) is 0 Å². The van der Waals surface area contributed by atoms with Crippen molar-refractivity contribution in [2.45, 2.75) is 289 Å². The Morgan fingerprint density at radius 1 is 0.419 bits per heavy atom. The van der Waals surface area contributed by atoms with Crippen LogP contribution in [0.4, 0.5) is 0 Å². The molecule has 0 fully saturated rings. The molecule has 0 aliphatic rings. The Labute approximate surface area is 456 Å². The Balaban J connectivity index is 4.20. The first-order valence-electron chi connectivity index (χ1n) is 30.9. The van der Waals surface area contributed by atoms with Gasteiger partial charge in [-0.3, -0.25) is 9.59 Å². The molecule has 0 aliphatic heterocycles. The number of carboxylic acids is 1. The van der Waals surface area contributed by atoms with E-state index in [-0.39, 0.29) is 32.2 Å². The molecule has 9 heteroatoms. The monoisotopic (exact) mass is 1040 g/mol. The number of carbonyl (C=O) groups excluding carboxylic acids is 3. The number of likely N-dealkylation sites (N-methyl/N-ethyl adjacent to an activating group) is 1. The van der Waals surface area contributed by atoms with Crippen molar-refractivity contribution in [2.24, 2.45) is 0 Å². The minimum Gasteiger partial charge on any atom is -0.545 e. The number of rotatable bonds is 57. The third kappa shape index (κ3) is 56.7. The van der Waals surface area contributed by atoms with Gasteiger partial charge in [-0.1, -0.05) is 267 Å². The predicted octanol–water partition coefficient (Wildman–Crippen LogP) is 17.1. The molecule has 0 spiro atoms. The SMILES string of the molecule is CC/C=C\C/C=C\C/C=C\C/C=C\C/C=C\CCCCCCCCCCCC(=O)OC(COC(=O)CCCCCCCCCCCCCCCCCCCCCCCCCC)COC(OCC[N+](C)(C)C)C(=O)[O-]. The summed E-state index contributed by atoms with van der Waals surface area (Å²) in [4.78, 5) is 37.4. The lowest BCUT2D eigenvalue weighted by atomic mass is 10.0. The summed E-state index contributed by atoms with van der Waals surface area (Å²) in [5, 5.41) is 11.8. The second-order valence-corrected chi connectivity index (χ2v) is 22.0. The molecule has 2 atom stereocenters.